The molecule has 1 fully saturated rings. The summed E-state index contributed by atoms with van der Waals surface area (Å²) in [6.07, 6.45) is 5.10. The van der Waals surface area contributed by atoms with Gasteiger partial charge in [0.25, 0.3) is 0 Å². The summed E-state index contributed by atoms with van der Waals surface area (Å²) in [4.78, 5) is 4.87. The number of rotatable bonds is 6. The molecule has 3 aromatic rings. The molecule has 1 aliphatic rings. The van der Waals surface area contributed by atoms with E-state index in [0.717, 1.165) is 42.8 Å². The lowest BCUT2D eigenvalue weighted by Gasteiger charge is -2.20. The SMILES string of the molecule is CC(=NC1CCNCC1)/C(=N\N)c1cc(OC(C)c2ccccc2)c2c(C#N)cnn2c1. The minimum Gasteiger partial charge on any atom is -0.484 e. The maximum atomic E-state index is 9.57. The van der Waals surface area contributed by atoms with E-state index in [9.17, 15) is 5.26 Å². The molecular weight excluding hydrogens is 402 g/mol. The number of piperidine rings is 1. The van der Waals surface area contributed by atoms with Crippen molar-refractivity contribution in [2.45, 2.75) is 38.8 Å². The Kier molecular flexibility index (Phi) is 6.47. The monoisotopic (exact) mass is 429 g/mol. The van der Waals surface area contributed by atoms with Gasteiger partial charge < -0.3 is 15.9 Å². The predicted molar refractivity (Wildman–Crippen MR) is 125 cm³/mol. The Morgan fingerprint density at radius 2 is 2.06 bits per heavy atom. The lowest BCUT2D eigenvalue weighted by molar-refractivity contribution is 0.229. The van der Waals surface area contributed by atoms with Gasteiger partial charge in [-0.3, -0.25) is 4.99 Å². The fraction of sp³-hybridized carbons (Fsp3) is 0.333. The van der Waals surface area contributed by atoms with Crippen LogP contribution in [0.15, 0.2) is 58.9 Å². The molecule has 8 heteroatoms. The Balaban J connectivity index is 1.73. The quantitative estimate of drug-likeness (QED) is 0.355. The van der Waals surface area contributed by atoms with Gasteiger partial charge in [-0.25, -0.2) is 4.52 Å². The molecule has 164 valence electrons. The van der Waals surface area contributed by atoms with Crippen molar-refractivity contribution in [2.75, 3.05) is 13.1 Å². The zero-order valence-corrected chi connectivity index (χ0v) is 18.3. The number of aliphatic imine (C=N–C) groups is 1. The van der Waals surface area contributed by atoms with E-state index in [0.29, 0.717) is 22.5 Å². The number of nitriles is 1. The Morgan fingerprint density at radius 1 is 1.31 bits per heavy atom. The van der Waals surface area contributed by atoms with E-state index in [-0.39, 0.29) is 12.1 Å². The lowest BCUT2D eigenvalue weighted by Crippen LogP contribution is -2.31. The molecule has 0 saturated carbocycles. The molecule has 1 saturated heterocycles. The number of nitrogens with one attached hydrogen (secondary N) is 1. The number of ether oxygens (including phenoxy) is 1. The van der Waals surface area contributed by atoms with Crippen LogP contribution in [0, 0.1) is 11.3 Å². The van der Waals surface area contributed by atoms with Crippen LogP contribution in [0.1, 0.15) is 49.5 Å². The minimum absolute atomic E-state index is 0.223. The topological polar surface area (TPSA) is 113 Å². The molecule has 2 aromatic heterocycles. The molecule has 0 aliphatic carbocycles. The van der Waals surface area contributed by atoms with Gasteiger partial charge in [0.2, 0.25) is 0 Å². The highest BCUT2D eigenvalue weighted by molar-refractivity contribution is 6.47. The summed E-state index contributed by atoms with van der Waals surface area (Å²) in [7, 11) is 0. The summed E-state index contributed by atoms with van der Waals surface area (Å²) in [6, 6.07) is 14.2. The number of fused-ring (bicyclic) bond motifs is 1. The lowest BCUT2D eigenvalue weighted by atomic mass is 10.0. The number of hydrogen-bond acceptors (Lipinski definition) is 7. The summed E-state index contributed by atoms with van der Waals surface area (Å²) < 4.78 is 7.97. The van der Waals surface area contributed by atoms with Crippen molar-refractivity contribution in [1.29, 1.82) is 5.26 Å². The predicted octanol–water partition coefficient (Wildman–Crippen LogP) is 3.22. The second kappa shape index (κ2) is 9.62. The van der Waals surface area contributed by atoms with Gasteiger partial charge in [-0.1, -0.05) is 30.3 Å². The summed E-state index contributed by atoms with van der Waals surface area (Å²) >= 11 is 0. The van der Waals surface area contributed by atoms with Crippen molar-refractivity contribution in [2.24, 2.45) is 15.9 Å². The average molecular weight is 430 g/mol. The number of nitrogens with two attached hydrogens (primary N) is 1. The fourth-order valence-corrected chi connectivity index (χ4v) is 4.02. The minimum atomic E-state index is -0.223. The summed E-state index contributed by atoms with van der Waals surface area (Å²) in [5, 5.41) is 21.3. The van der Waals surface area contributed by atoms with Crippen LogP contribution in [0.25, 0.3) is 5.52 Å². The molecule has 0 spiro atoms. The zero-order valence-electron chi connectivity index (χ0n) is 18.3. The highest BCUT2D eigenvalue weighted by Crippen LogP contribution is 2.30. The molecule has 1 aliphatic heterocycles. The highest BCUT2D eigenvalue weighted by atomic mass is 16.5. The molecule has 1 unspecified atom stereocenters. The van der Waals surface area contributed by atoms with Gasteiger partial charge in [0.15, 0.2) is 0 Å². The average Bonchev–Trinajstić information content (AvgIpc) is 3.24. The van der Waals surface area contributed by atoms with Crippen LogP contribution < -0.4 is 15.9 Å². The first-order valence-electron chi connectivity index (χ1n) is 10.8. The van der Waals surface area contributed by atoms with Gasteiger partial charge in [0.05, 0.1) is 18.0 Å². The number of aromatic nitrogens is 2. The van der Waals surface area contributed by atoms with Gasteiger partial charge in [-0.15, -0.1) is 0 Å². The largest absolute Gasteiger partial charge is 0.484 e. The van der Waals surface area contributed by atoms with Crippen LogP contribution in [0.4, 0.5) is 0 Å². The summed E-state index contributed by atoms with van der Waals surface area (Å²) in [5.41, 5.74) is 4.18. The van der Waals surface area contributed by atoms with Crippen molar-refractivity contribution in [1.82, 2.24) is 14.9 Å². The number of nitrogens with zero attached hydrogens (tertiary/aromatic N) is 5. The first kappa shape index (κ1) is 21.5. The molecule has 3 heterocycles. The standard InChI is InChI=1S/C24H27N7O/c1-16(29-21-8-10-27-11-9-21)23(30-26)19-12-22(24-20(13-25)14-28-31(24)15-19)32-17(2)18-6-4-3-5-7-18/h3-7,12,14-15,17,21,27H,8-11,26H2,1-2H3/b29-16?,30-23+. The van der Waals surface area contributed by atoms with E-state index in [1.807, 2.05) is 56.4 Å². The molecular formula is C24H27N7O. The van der Waals surface area contributed by atoms with Crippen molar-refractivity contribution in [3.63, 3.8) is 0 Å². The zero-order chi connectivity index (χ0) is 22.5. The molecule has 4 rings (SSSR count). The second-order valence-corrected chi connectivity index (χ2v) is 7.90. The van der Waals surface area contributed by atoms with E-state index in [2.05, 4.69) is 21.6 Å². The fourth-order valence-electron chi connectivity index (χ4n) is 4.02. The van der Waals surface area contributed by atoms with E-state index in [4.69, 9.17) is 15.6 Å². The normalized spacial score (nSPS) is 16.7. The van der Waals surface area contributed by atoms with Crippen molar-refractivity contribution in [3.05, 3.63) is 65.5 Å². The van der Waals surface area contributed by atoms with Gasteiger partial charge in [0, 0.05) is 11.8 Å². The van der Waals surface area contributed by atoms with E-state index in [1.54, 1.807) is 4.52 Å². The van der Waals surface area contributed by atoms with E-state index in [1.165, 1.54) is 6.20 Å². The van der Waals surface area contributed by atoms with Crippen LogP contribution in [0.5, 0.6) is 5.75 Å². The van der Waals surface area contributed by atoms with E-state index < -0.39 is 0 Å². The third kappa shape index (κ3) is 4.48. The van der Waals surface area contributed by atoms with E-state index >= 15 is 0 Å². The molecule has 0 radical (unpaired) electrons. The Labute approximate surface area is 187 Å². The molecule has 3 N–H and O–H groups in total. The number of benzene rings is 1. The van der Waals surface area contributed by atoms with Crippen LogP contribution in [-0.2, 0) is 0 Å². The molecule has 0 bridgehead atoms. The first-order chi connectivity index (χ1) is 15.6. The van der Waals surface area contributed by atoms with Gasteiger partial charge in [-0.05, 0) is 51.4 Å². The maximum Gasteiger partial charge on any atom is 0.148 e. The van der Waals surface area contributed by atoms with Gasteiger partial charge in [0.1, 0.15) is 34.7 Å². The Hall–Kier alpha value is -3.70. The van der Waals surface area contributed by atoms with Crippen molar-refractivity contribution >= 4 is 16.9 Å². The Morgan fingerprint density at radius 3 is 2.75 bits per heavy atom. The number of pyridine rings is 1. The van der Waals surface area contributed by atoms with Crippen molar-refractivity contribution < 1.29 is 4.74 Å². The molecule has 1 aromatic carbocycles. The maximum absolute atomic E-state index is 9.57. The Bertz CT molecular complexity index is 1180. The van der Waals surface area contributed by atoms with Gasteiger partial charge in [-0.2, -0.15) is 15.5 Å². The van der Waals surface area contributed by atoms with Crippen LogP contribution in [-0.4, -0.2) is 40.2 Å². The third-order valence-electron chi connectivity index (χ3n) is 5.70. The molecule has 0 amide bonds. The number of hydrogen-bond donors (Lipinski definition) is 2. The molecule has 8 nitrogen and oxygen atoms in total. The second-order valence-electron chi connectivity index (χ2n) is 7.90. The summed E-state index contributed by atoms with van der Waals surface area (Å²) in [5.74, 6) is 6.35. The van der Waals surface area contributed by atoms with Crippen LogP contribution in [0.3, 0.4) is 0 Å². The van der Waals surface area contributed by atoms with Crippen molar-refractivity contribution in [3.8, 4) is 11.8 Å². The first-order valence-corrected chi connectivity index (χ1v) is 10.8. The summed E-state index contributed by atoms with van der Waals surface area (Å²) in [6.45, 7) is 5.82. The molecule has 32 heavy (non-hydrogen) atoms. The van der Waals surface area contributed by atoms with Gasteiger partial charge >= 0.3 is 0 Å². The molecule has 1 atom stereocenters. The van der Waals surface area contributed by atoms with Crippen LogP contribution in [0.2, 0.25) is 0 Å². The number of hydrazone groups is 1. The highest BCUT2D eigenvalue weighted by Gasteiger charge is 2.20. The smallest absolute Gasteiger partial charge is 0.148 e. The third-order valence-corrected chi connectivity index (χ3v) is 5.70. The van der Waals surface area contributed by atoms with Crippen LogP contribution >= 0.6 is 0 Å².